The lowest BCUT2D eigenvalue weighted by Gasteiger charge is -2.28. The molecule has 0 heterocycles. The van der Waals surface area contributed by atoms with E-state index in [9.17, 15) is 14.7 Å². The lowest BCUT2D eigenvalue weighted by atomic mass is 9.76. The van der Waals surface area contributed by atoms with E-state index in [-0.39, 0.29) is 23.6 Å². The van der Waals surface area contributed by atoms with Gasteiger partial charge in [0, 0.05) is 5.02 Å². The normalized spacial score (nSPS) is 13.3. The molecule has 0 radical (unpaired) electrons. The molecule has 1 atom stereocenters. The minimum Gasteiger partial charge on any atom is -0.480 e. The second-order valence-corrected chi connectivity index (χ2v) is 5.28. The van der Waals surface area contributed by atoms with Crippen LogP contribution in [0.3, 0.4) is 0 Å². The van der Waals surface area contributed by atoms with Crippen LogP contribution in [0.1, 0.15) is 32.3 Å². The second kappa shape index (κ2) is 7.27. The number of aliphatic carboxylic acids is 1. The summed E-state index contributed by atoms with van der Waals surface area (Å²) in [7, 11) is 0. The summed E-state index contributed by atoms with van der Waals surface area (Å²) in [5, 5.41) is 9.95. The maximum atomic E-state index is 12.4. The Hall–Kier alpha value is -1.81. The van der Waals surface area contributed by atoms with Gasteiger partial charge in [-0.3, -0.25) is 9.59 Å². The molecule has 4 nitrogen and oxygen atoms in total. The van der Waals surface area contributed by atoms with Gasteiger partial charge in [0.05, 0.1) is 6.61 Å². The average molecular weight is 311 g/mol. The lowest BCUT2D eigenvalue weighted by molar-refractivity contribution is -0.162. The summed E-state index contributed by atoms with van der Waals surface area (Å²) in [6, 6.07) is 6.45. The summed E-state index contributed by atoms with van der Waals surface area (Å²) < 4.78 is 5.00. The van der Waals surface area contributed by atoms with Crippen LogP contribution in [0.4, 0.5) is 0 Å². The third kappa shape index (κ3) is 3.64. The molecule has 0 bridgehead atoms. The highest BCUT2D eigenvalue weighted by molar-refractivity contribution is 6.32. The molecule has 5 heteroatoms. The van der Waals surface area contributed by atoms with E-state index in [1.807, 2.05) is 0 Å². The van der Waals surface area contributed by atoms with Gasteiger partial charge in [-0.25, -0.2) is 0 Å². The number of carboxylic acids is 1. The van der Waals surface area contributed by atoms with Crippen molar-refractivity contribution in [2.24, 2.45) is 0 Å². The first kappa shape index (κ1) is 17.2. The Bertz CT molecular complexity index is 553. The van der Waals surface area contributed by atoms with Crippen LogP contribution in [0, 0.1) is 0 Å². The molecule has 0 spiro atoms. The fraction of sp³-hybridized carbons (Fsp3) is 0.375. The van der Waals surface area contributed by atoms with Crippen molar-refractivity contribution >= 4 is 23.5 Å². The Morgan fingerprint density at radius 3 is 2.48 bits per heavy atom. The zero-order chi connectivity index (χ0) is 16.0. The topological polar surface area (TPSA) is 63.6 Å². The molecule has 0 saturated carbocycles. The number of carbonyl (C=O) groups is 2. The number of halogens is 1. The third-order valence-corrected chi connectivity index (χ3v) is 3.58. The molecule has 0 aliphatic carbocycles. The van der Waals surface area contributed by atoms with Gasteiger partial charge in [-0.05, 0) is 38.3 Å². The van der Waals surface area contributed by atoms with E-state index in [4.69, 9.17) is 16.3 Å². The van der Waals surface area contributed by atoms with Crippen LogP contribution in [-0.2, 0) is 19.7 Å². The maximum Gasteiger partial charge on any atom is 0.328 e. The van der Waals surface area contributed by atoms with Gasteiger partial charge < -0.3 is 9.84 Å². The van der Waals surface area contributed by atoms with Crippen LogP contribution in [0.15, 0.2) is 36.4 Å². The van der Waals surface area contributed by atoms with Crippen LogP contribution in [0.5, 0.6) is 0 Å². The van der Waals surface area contributed by atoms with E-state index >= 15 is 0 Å². The maximum absolute atomic E-state index is 12.4. The van der Waals surface area contributed by atoms with Crippen molar-refractivity contribution in [1.29, 1.82) is 0 Å². The van der Waals surface area contributed by atoms with Crippen molar-refractivity contribution < 1.29 is 19.4 Å². The largest absolute Gasteiger partial charge is 0.480 e. The van der Waals surface area contributed by atoms with Crippen LogP contribution in [0.2, 0.25) is 5.02 Å². The Morgan fingerprint density at radius 2 is 2.00 bits per heavy atom. The quantitative estimate of drug-likeness (QED) is 0.475. The SMILES string of the molecule is C=C(C)CCC(C(=O)O)(C(=O)OCC)c1ccccc1Cl. The van der Waals surface area contributed by atoms with Crippen LogP contribution in [-0.4, -0.2) is 23.7 Å². The number of benzene rings is 1. The van der Waals surface area contributed by atoms with E-state index in [0.29, 0.717) is 6.42 Å². The number of rotatable bonds is 7. The number of carbonyl (C=O) groups excluding carboxylic acids is 1. The standard InChI is InChI=1S/C16H19ClO4/c1-4-21-15(20)16(14(18)19,10-9-11(2)3)12-7-5-6-8-13(12)17/h5-8H,2,4,9-10H2,1,3H3,(H,18,19). The summed E-state index contributed by atoms with van der Waals surface area (Å²) in [5.74, 6) is -2.07. The van der Waals surface area contributed by atoms with Gasteiger partial charge in [0.15, 0.2) is 5.41 Å². The van der Waals surface area contributed by atoms with Crippen LogP contribution in [0.25, 0.3) is 0 Å². The van der Waals surface area contributed by atoms with Gasteiger partial charge in [-0.2, -0.15) is 0 Å². The van der Waals surface area contributed by atoms with Gasteiger partial charge in [-0.1, -0.05) is 35.4 Å². The molecule has 0 aliphatic rings. The monoisotopic (exact) mass is 310 g/mol. The molecule has 1 unspecified atom stereocenters. The summed E-state index contributed by atoms with van der Waals surface area (Å²) in [4.78, 5) is 24.3. The Labute approximate surface area is 129 Å². The highest BCUT2D eigenvalue weighted by Crippen LogP contribution is 2.37. The number of ether oxygens (including phenoxy) is 1. The molecular weight excluding hydrogens is 292 g/mol. The van der Waals surface area contributed by atoms with E-state index in [2.05, 4.69) is 6.58 Å². The second-order valence-electron chi connectivity index (χ2n) is 4.87. The molecule has 1 aromatic carbocycles. The molecule has 1 N–H and O–H groups in total. The van der Waals surface area contributed by atoms with E-state index < -0.39 is 17.4 Å². The van der Waals surface area contributed by atoms with Crippen molar-refractivity contribution in [2.45, 2.75) is 32.1 Å². The fourth-order valence-corrected chi connectivity index (χ4v) is 2.42. The minimum absolute atomic E-state index is 0.0558. The molecule has 0 fully saturated rings. The predicted molar refractivity (Wildman–Crippen MR) is 81.4 cm³/mol. The Balaban J connectivity index is 3.43. The van der Waals surface area contributed by atoms with Gasteiger partial charge in [0.1, 0.15) is 0 Å². The summed E-state index contributed by atoms with van der Waals surface area (Å²) >= 11 is 6.12. The zero-order valence-corrected chi connectivity index (χ0v) is 12.9. The van der Waals surface area contributed by atoms with Gasteiger partial charge >= 0.3 is 11.9 Å². The molecule has 1 rings (SSSR count). The van der Waals surface area contributed by atoms with Crippen molar-refractivity contribution in [3.63, 3.8) is 0 Å². The fourth-order valence-electron chi connectivity index (χ4n) is 2.12. The number of esters is 1. The molecular formula is C16H19ClO4. The zero-order valence-electron chi connectivity index (χ0n) is 12.2. The smallest absolute Gasteiger partial charge is 0.328 e. The van der Waals surface area contributed by atoms with Crippen LogP contribution < -0.4 is 0 Å². The van der Waals surface area contributed by atoms with Gasteiger partial charge in [0.25, 0.3) is 0 Å². The lowest BCUT2D eigenvalue weighted by Crippen LogP contribution is -2.45. The molecule has 21 heavy (non-hydrogen) atoms. The summed E-state index contributed by atoms with van der Waals surface area (Å²) in [6.45, 7) is 7.28. The van der Waals surface area contributed by atoms with E-state index in [1.165, 1.54) is 0 Å². The molecule has 0 amide bonds. The van der Waals surface area contributed by atoms with E-state index in [0.717, 1.165) is 5.57 Å². The minimum atomic E-state index is -1.81. The number of carboxylic acid groups (broad SMARTS) is 1. The predicted octanol–water partition coefficient (Wildman–Crippen LogP) is 3.58. The van der Waals surface area contributed by atoms with Crippen molar-refractivity contribution in [3.8, 4) is 0 Å². The Morgan fingerprint density at radius 1 is 1.38 bits per heavy atom. The van der Waals surface area contributed by atoms with E-state index in [1.54, 1.807) is 38.1 Å². The first-order chi connectivity index (χ1) is 9.86. The van der Waals surface area contributed by atoms with Crippen molar-refractivity contribution in [3.05, 3.63) is 47.0 Å². The molecule has 0 aliphatic heterocycles. The number of hydrogen-bond donors (Lipinski definition) is 1. The number of allylic oxidation sites excluding steroid dienone is 1. The third-order valence-electron chi connectivity index (χ3n) is 3.25. The summed E-state index contributed by atoms with van der Waals surface area (Å²) in [6.07, 6.45) is 0.441. The molecule has 114 valence electrons. The van der Waals surface area contributed by atoms with Crippen molar-refractivity contribution in [2.75, 3.05) is 6.61 Å². The first-order valence-corrected chi connectivity index (χ1v) is 7.04. The molecule has 1 aromatic rings. The average Bonchev–Trinajstić information content (AvgIpc) is 2.41. The first-order valence-electron chi connectivity index (χ1n) is 6.66. The summed E-state index contributed by atoms with van der Waals surface area (Å²) in [5.41, 5.74) is -0.774. The van der Waals surface area contributed by atoms with Crippen LogP contribution >= 0.6 is 11.6 Å². The van der Waals surface area contributed by atoms with Gasteiger partial charge in [0.2, 0.25) is 0 Å². The van der Waals surface area contributed by atoms with Gasteiger partial charge in [-0.15, -0.1) is 6.58 Å². The highest BCUT2D eigenvalue weighted by atomic mass is 35.5. The Kier molecular flexibility index (Phi) is 5.97. The van der Waals surface area contributed by atoms with Crippen molar-refractivity contribution in [1.82, 2.24) is 0 Å². The molecule has 0 saturated heterocycles. The highest BCUT2D eigenvalue weighted by Gasteiger charge is 2.50. The number of hydrogen-bond acceptors (Lipinski definition) is 3. The molecule has 0 aromatic heterocycles.